The molecule has 0 aliphatic carbocycles. The van der Waals surface area contributed by atoms with Gasteiger partial charge in [0, 0.05) is 6.42 Å². The number of carbonyl (C=O) groups is 1. The minimum Gasteiger partial charge on any atom is -0.491 e. The van der Waals surface area contributed by atoms with Gasteiger partial charge in [0.2, 0.25) is 5.91 Å². The highest BCUT2D eigenvalue weighted by molar-refractivity contribution is 5.76. The van der Waals surface area contributed by atoms with Crippen LogP contribution in [0.15, 0.2) is 48.5 Å². The van der Waals surface area contributed by atoms with Crippen LogP contribution in [0.4, 0.5) is 0 Å². The average Bonchev–Trinajstić information content (AvgIpc) is 2.63. The van der Waals surface area contributed by atoms with E-state index >= 15 is 0 Å². The van der Waals surface area contributed by atoms with E-state index in [1.54, 1.807) is 0 Å². The third-order valence-corrected chi connectivity index (χ3v) is 4.84. The van der Waals surface area contributed by atoms with Crippen LogP contribution in [-0.2, 0) is 22.0 Å². The van der Waals surface area contributed by atoms with Crippen LogP contribution in [0.1, 0.15) is 64.7 Å². The molecular formula is C25H35NO2. The second-order valence-electron chi connectivity index (χ2n) is 9.39. The lowest BCUT2D eigenvalue weighted by atomic mass is 9.86. The number of nitrogens with one attached hydrogen (secondary N) is 1. The van der Waals surface area contributed by atoms with Gasteiger partial charge in [0.05, 0.1) is 6.54 Å². The Bertz CT molecular complexity index is 764. The summed E-state index contributed by atoms with van der Waals surface area (Å²) in [7, 11) is 0. The first-order valence-electron chi connectivity index (χ1n) is 10.2. The van der Waals surface area contributed by atoms with Crippen molar-refractivity contribution in [2.75, 3.05) is 13.2 Å². The van der Waals surface area contributed by atoms with Crippen LogP contribution in [0.25, 0.3) is 0 Å². The molecule has 1 N–H and O–H groups in total. The number of hydrogen-bond acceptors (Lipinski definition) is 2. The fraction of sp³-hybridized carbons (Fsp3) is 0.480. The molecule has 0 unspecified atom stereocenters. The minimum atomic E-state index is 0.0301. The Labute approximate surface area is 170 Å². The number of hydrogen-bond donors (Lipinski definition) is 1. The van der Waals surface area contributed by atoms with E-state index in [9.17, 15) is 4.79 Å². The Morgan fingerprint density at radius 3 is 2.14 bits per heavy atom. The van der Waals surface area contributed by atoms with Crippen molar-refractivity contribution in [1.29, 1.82) is 0 Å². The van der Waals surface area contributed by atoms with Crippen LogP contribution in [-0.4, -0.2) is 19.1 Å². The second kappa shape index (κ2) is 9.27. The molecule has 0 fully saturated rings. The third kappa shape index (κ3) is 6.70. The lowest BCUT2D eigenvalue weighted by Gasteiger charge is -2.22. The lowest BCUT2D eigenvalue weighted by Crippen LogP contribution is -2.28. The molecule has 152 valence electrons. The summed E-state index contributed by atoms with van der Waals surface area (Å²) in [6.45, 7) is 14.1. The fourth-order valence-corrected chi connectivity index (χ4v) is 3.08. The van der Waals surface area contributed by atoms with Crippen LogP contribution >= 0.6 is 0 Å². The molecule has 0 aromatic heterocycles. The van der Waals surface area contributed by atoms with Gasteiger partial charge in [0.25, 0.3) is 0 Å². The van der Waals surface area contributed by atoms with Gasteiger partial charge in [-0.25, -0.2) is 0 Å². The molecule has 0 radical (unpaired) electrons. The predicted octanol–water partition coefficient (Wildman–Crippen LogP) is 5.41. The van der Waals surface area contributed by atoms with Crippen molar-refractivity contribution in [3.8, 4) is 5.75 Å². The molecule has 2 aromatic rings. The van der Waals surface area contributed by atoms with Crippen LogP contribution in [0.5, 0.6) is 5.75 Å². The zero-order chi connectivity index (χ0) is 20.8. The molecule has 1 amide bonds. The second-order valence-corrected chi connectivity index (χ2v) is 9.39. The number of carbonyl (C=O) groups excluding carboxylic acids is 1. The first-order valence-corrected chi connectivity index (χ1v) is 10.2. The molecule has 0 atom stereocenters. The van der Waals surface area contributed by atoms with E-state index in [-0.39, 0.29) is 16.7 Å². The molecule has 0 heterocycles. The number of rotatable bonds is 7. The number of benzene rings is 2. The van der Waals surface area contributed by atoms with Gasteiger partial charge < -0.3 is 10.1 Å². The van der Waals surface area contributed by atoms with E-state index in [2.05, 4.69) is 77.2 Å². The number of amides is 1. The topological polar surface area (TPSA) is 38.3 Å². The Kier molecular flexibility index (Phi) is 7.29. The molecule has 0 aliphatic heterocycles. The van der Waals surface area contributed by atoms with E-state index in [1.165, 1.54) is 16.7 Å². The highest BCUT2D eigenvalue weighted by Crippen LogP contribution is 2.30. The summed E-state index contributed by atoms with van der Waals surface area (Å²) in [5.41, 5.74) is 3.87. The normalized spacial score (nSPS) is 11.9. The number of aryl methyl sites for hydroxylation is 1. The molecule has 2 aromatic carbocycles. The predicted molar refractivity (Wildman–Crippen MR) is 117 cm³/mol. The monoisotopic (exact) mass is 381 g/mol. The zero-order valence-corrected chi connectivity index (χ0v) is 18.3. The zero-order valence-electron chi connectivity index (χ0n) is 18.3. The van der Waals surface area contributed by atoms with Gasteiger partial charge in [-0.05, 0) is 40.0 Å². The van der Waals surface area contributed by atoms with E-state index in [1.807, 2.05) is 18.2 Å². The van der Waals surface area contributed by atoms with Crippen molar-refractivity contribution in [2.45, 2.75) is 65.2 Å². The first kappa shape index (κ1) is 22.0. The summed E-state index contributed by atoms with van der Waals surface area (Å²) < 4.78 is 5.91. The Morgan fingerprint density at radius 2 is 1.54 bits per heavy atom. The van der Waals surface area contributed by atoms with Crippen molar-refractivity contribution in [3.05, 3.63) is 65.2 Å². The van der Waals surface area contributed by atoms with Gasteiger partial charge in [-0.2, -0.15) is 0 Å². The lowest BCUT2D eigenvalue weighted by molar-refractivity contribution is -0.121. The largest absolute Gasteiger partial charge is 0.491 e. The molecule has 0 bridgehead atoms. The molecule has 0 saturated heterocycles. The Hall–Kier alpha value is -2.29. The van der Waals surface area contributed by atoms with Gasteiger partial charge in [-0.1, -0.05) is 84.0 Å². The summed E-state index contributed by atoms with van der Waals surface area (Å²) in [6.07, 6.45) is 1.25. The molecule has 3 nitrogen and oxygen atoms in total. The van der Waals surface area contributed by atoms with E-state index in [0.29, 0.717) is 19.6 Å². The van der Waals surface area contributed by atoms with Crippen LogP contribution in [0, 0.1) is 0 Å². The van der Waals surface area contributed by atoms with Gasteiger partial charge >= 0.3 is 0 Å². The molecule has 2 rings (SSSR count). The summed E-state index contributed by atoms with van der Waals surface area (Å²) in [6, 6.07) is 16.7. The maximum atomic E-state index is 12.1. The molecule has 0 saturated carbocycles. The highest BCUT2D eigenvalue weighted by Gasteiger charge is 2.18. The standard InChI is InChI=1S/C25H35NO2/c1-24(2,3)20-14-11-19(12-15-20)13-16-23(27)26-17-18-28-22-10-8-7-9-21(22)25(4,5)6/h7-12,14-15H,13,16-18H2,1-6H3,(H,26,27). The van der Waals surface area contributed by atoms with E-state index in [0.717, 1.165) is 12.2 Å². The van der Waals surface area contributed by atoms with E-state index < -0.39 is 0 Å². The summed E-state index contributed by atoms with van der Waals surface area (Å²) in [5.74, 6) is 0.954. The first-order chi connectivity index (χ1) is 13.1. The quantitative estimate of drug-likeness (QED) is 0.651. The molecule has 0 aliphatic rings. The SMILES string of the molecule is CC(C)(C)c1ccc(CCC(=O)NCCOc2ccccc2C(C)(C)C)cc1. The summed E-state index contributed by atoms with van der Waals surface area (Å²) in [5, 5.41) is 2.95. The maximum absolute atomic E-state index is 12.1. The van der Waals surface area contributed by atoms with Gasteiger partial charge in [0.15, 0.2) is 0 Å². The summed E-state index contributed by atoms with van der Waals surface area (Å²) in [4.78, 5) is 12.1. The Morgan fingerprint density at radius 1 is 0.893 bits per heavy atom. The third-order valence-electron chi connectivity index (χ3n) is 4.84. The van der Waals surface area contributed by atoms with Crippen molar-refractivity contribution >= 4 is 5.91 Å². The smallest absolute Gasteiger partial charge is 0.220 e. The average molecular weight is 382 g/mol. The summed E-state index contributed by atoms with van der Waals surface area (Å²) >= 11 is 0. The van der Waals surface area contributed by atoms with Gasteiger partial charge in [0.1, 0.15) is 12.4 Å². The van der Waals surface area contributed by atoms with E-state index in [4.69, 9.17) is 4.74 Å². The maximum Gasteiger partial charge on any atom is 0.220 e. The highest BCUT2D eigenvalue weighted by atomic mass is 16.5. The van der Waals surface area contributed by atoms with Gasteiger partial charge in [-0.15, -0.1) is 0 Å². The molecule has 28 heavy (non-hydrogen) atoms. The number of para-hydroxylation sites is 1. The minimum absolute atomic E-state index is 0.0301. The van der Waals surface area contributed by atoms with Crippen molar-refractivity contribution < 1.29 is 9.53 Å². The number of ether oxygens (including phenoxy) is 1. The Balaban J connectivity index is 1.74. The molecular weight excluding hydrogens is 346 g/mol. The van der Waals surface area contributed by atoms with Crippen molar-refractivity contribution in [3.63, 3.8) is 0 Å². The van der Waals surface area contributed by atoms with Crippen LogP contribution in [0.2, 0.25) is 0 Å². The fourth-order valence-electron chi connectivity index (χ4n) is 3.08. The van der Waals surface area contributed by atoms with Gasteiger partial charge in [-0.3, -0.25) is 4.79 Å². The van der Waals surface area contributed by atoms with Crippen LogP contribution < -0.4 is 10.1 Å². The van der Waals surface area contributed by atoms with Crippen LogP contribution in [0.3, 0.4) is 0 Å². The molecule has 0 spiro atoms. The van der Waals surface area contributed by atoms with Crippen molar-refractivity contribution in [2.24, 2.45) is 0 Å². The van der Waals surface area contributed by atoms with Crippen molar-refractivity contribution in [1.82, 2.24) is 5.32 Å². The molecule has 3 heteroatoms.